The number of amides is 2. The van der Waals surface area contributed by atoms with Crippen molar-refractivity contribution in [3.05, 3.63) is 54.1 Å². The molecule has 0 saturated carbocycles. The SMILES string of the molecule is CCOc1ccccc1C(=O)Nc1ccc(OCC(N)=O)cc1. The average molecular weight is 314 g/mol. The predicted octanol–water partition coefficient (Wildman–Crippen LogP) is 2.20. The first kappa shape index (κ1) is 16.4. The number of nitrogens with one attached hydrogen (secondary N) is 1. The molecule has 0 unspecified atom stereocenters. The van der Waals surface area contributed by atoms with Gasteiger partial charge in [-0.2, -0.15) is 0 Å². The second kappa shape index (κ2) is 7.84. The van der Waals surface area contributed by atoms with Gasteiger partial charge in [-0.1, -0.05) is 12.1 Å². The molecule has 0 heterocycles. The summed E-state index contributed by atoms with van der Waals surface area (Å²) in [7, 11) is 0. The lowest BCUT2D eigenvalue weighted by atomic mass is 10.2. The molecular formula is C17H18N2O4. The number of benzene rings is 2. The molecule has 0 fully saturated rings. The fourth-order valence-corrected chi connectivity index (χ4v) is 1.92. The van der Waals surface area contributed by atoms with Crippen LogP contribution < -0.4 is 20.5 Å². The van der Waals surface area contributed by atoms with E-state index in [0.29, 0.717) is 29.4 Å². The normalized spacial score (nSPS) is 9.96. The van der Waals surface area contributed by atoms with Crippen LogP contribution in [0.1, 0.15) is 17.3 Å². The Labute approximate surface area is 134 Å². The predicted molar refractivity (Wildman–Crippen MR) is 86.7 cm³/mol. The molecule has 2 rings (SSSR count). The van der Waals surface area contributed by atoms with Crippen molar-refractivity contribution in [2.75, 3.05) is 18.5 Å². The Balaban J connectivity index is 2.04. The minimum absolute atomic E-state index is 0.187. The number of rotatable bonds is 7. The highest BCUT2D eigenvalue weighted by Gasteiger charge is 2.12. The van der Waals surface area contributed by atoms with E-state index >= 15 is 0 Å². The van der Waals surface area contributed by atoms with Gasteiger partial charge in [0.15, 0.2) is 6.61 Å². The van der Waals surface area contributed by atoms with Crippen LogP contribution in [-0.2, 0) is 4.79 Å². The molecular weight excluding hydrogens is 296 g/mol. The number of carbonyl (C=O) groups excluding carboxylic acids is 2. The average Bonchev–Trinajstić information content (AvgIpc) is 2.55. The Kier molecular flexibility index (Phi) is 5.57. The number of anilines is 1. The van der Waals surface area contributed by atoms with Crippen LogP contribution in [0.3, 0.4) is 0 Å². The largest absolute Gasteiger partial charge is 0.493 e. The molecule has 6 heteroatoms. The van der Waals surface area contributed by atoms with Crippen LogP contribution in [0.5, 0.6) is 11.5 Å². The molecule has 2 aromatic rings. The maximum Gasteiger partial charge on any atom is 0.259 e. The molecule has 0 aliphatic carbocycles. The first-order valence-electron chi connectivity index (χ1n) is 7.14. The third-order valence-electron chi connectivity index (χ3n) is 2.92. The molecule has 0 bridgehead atoms. The second-order valence-electron chi connectivity index (χ2n) is 4.66. The molecule has 0 saturated heterocycles. The third kappa shape index (κ3) is 4.74. The van der Waals surface area contributed by atoms with Crippen molar-refractivity contribution < 1.29 is 19.1 Å². The molecule has 0 spiro atoms. The zero-order chi connectivity index (χ0) is 16.7. The Morgan fingerprint density at radius 1 is 1.04 bits per heavy atom. The number of hydrogen-bond acceptors (Lipinski definition) is 4. The topological polar surface area (TPSA) is 90.7 Å². The first-order chi connectivity index (χ1) is 11.1. The van der Waals surface area contributed by atoms with Crippen LogP contribution in [0, 0.1) is 0 Å². The molecule has 0 aromatic heterocycles. The van der Waals surface area contributed by atoms with Gasteiger partial charge in [-0.25, -0.2) is 0 Å². The molecule has 0 atom stereocenters. The fourth-order valence-electron chi connectivity index (χ4n) is 1.92. The zero-order valence-electron chi connectivity index (χ0n) is 12.7. The summed E-state index contributed by atoms with van der Waals surface area (Å²) in [6, 6.07) is 13.7. The number of nitrogens with two attached hydrogens (primary N) is 1. The maximum absolute atomic E-state index is 12.3. The van der Waals surface area contributed by atoms with E-state index in [4.69, 9.17) is 15.2 Å². The van der Waals surface area contributed by atoms with Gasteiger partial charge in [-0.15, -0.1) is 0 Å². The van der Waals surface area contributed by atoms with E-state index in [-0.39, 0.29) is 12.5 Å². The lowest BCUT2D eigenvalue weighted by Gasteiger charge is -2.11. The standard InChI is InChI=1S/C17H18N2O4/c1-2-22-15-6-4-3-5-14(15)17(21)19-12-7-9-13(10-8-12)23-11-16(18)20/h3-10H,2,11H2,1H3,(H2,18,20)(H,19,21). The van der Waals surface area contributed by atoms with E-state index in [2.05, 4.69) is 5.32 Å². The summed E-state index contributed by atoms with van der Waals surface area (Å²) in [5.74, 6) is 0.222. The number of primary amides is 1. The van der Waals surface area contributed by atoms with Crippen molar-refractivity contribution in [3.8, 4) is 11.5 Å². The van der Waals surface area contributed by atoms with Gasteiger partial charge in [0.1, 0.15) is 11.5 Å². The van der Waals surface area contributed by atoms with E-state index in [9.17, 15) is 9.59 Å². The van der Waals surface area contributed by atoms with Crippen LogP contribution in [0.4, 0.5) is 5.69 Å². The van der Waals surface area contributed by atoms with Gasteiger partial charge in [-0.3, -0.25) is 9.59 Å². The third-order valence-corrected chi connectivity index (χ3v) is 2.92. The van der Waals surface area contributed by atoms with Gasteiger partial charge >= 0.3 is 0 Å². The van der Waals surface area contributed by atoms with Crippen molar-refractivity contribution in [2.45, 2.75) is 6.92 Å². The van der Waals surface area contributed by atoms with Gasteiger partial charge in [0.25, 0.3) is 11.8 Å². The quantitative estimate of drug-likeness (QED) is 0.819. The Morgan fingerprint density at radius 2 is 1.74 bits per heavy atom. The summed E-state index contributed by atoms with van der Waals surface area (Å²) in [6.45, 7) is 2.16. The monoisotopic (exact) mass is 314 g/mol. The van der Waals surface area contributed by atoms with E-state index < -0.39 is 5.91 Å². The maximum atomic E-state index is 12.3. The highest BCUT2D eigenvalue weighted by atomic mass is 16.5. The Morgan fingerprint density at radius 3 is 2.39 bits per heavy atom. The van der Waals surface area contributed by atoms with Crippen LogP contribution in [0.25, 0.3) is 0 Å². The molecule has 3 N–H and O–H groups in total. The van der Waals surface area contributed by atoms with Gasteiger partial charge < -0.3 is 20.5 Å². The molecule has 0 aliphatic heterocycles. The van der Waals surface area contributed by atoms with Gasteiger partial charge in [0.05, 0.1) is 12.2 Å². The smallest absolute Gasteiger partial charge is 0.259 e. The summed E-state index contributed by atoms with van der Waals surface area (Å²) < 4.78 is 10.6. The Bertz CT molecular complexity index is 683. The summed E-state index contributed by atoms with van der Waals surface area (Å²) in [5, 5.41) is 2.78. The minimum atomic E-state index is -0.546. The summed E-state index contributed by atoms with van der Waals surface area (Å²) in [4.78, 5) is 23.0. The second-order valence-corrected chi connectivity index (χ2v) is 4.66. The van der Waals surface area contributed by atoms with Crippen LogP contribution in [0.15, 0.2) is 48.5 Å². The lowest BCUT2D eigenvalue weighted by Crippen LogP contribution is -2.20. The van der Waals surface area contributed by atoms with Crippen LogP contribution in [0.2, 0.25) is 0 Å². The number of ether oxygens (including phenoxy) is 2. The zero-order valence-corrected chi connectivity index (χ0v) is 12.7. The van der Waals surface area contributed by atoms with Crippen molar-refractivity contribution in [1.82, 2.24) is 0 Å². The first-order valence-corrected chi connectivity index (χ1v) is 7.14. The van der Waals surface area contributed by atoms with E-state index in [0.717, 1.165) is 0 Å². The number of hydrogen-bond donors (Lipinski definition) is 2. The minimum Gasteiger partial charge on any atom is -0.493 e. The van der Waals surface area contributed by atoms with Gasteiger partial charge in [-0.05, 0) is 43.3 Å². The lowest BCUT2D eigenvalue weighted by molar-refractivity contribution is -0.119. The molecule has 6 nitrogen and oxygen atoms in total. The van der Waals surface area contributed by atoms with E-state index in [1.807, 2.05) is 13.0 Å². The van der Waals surface area contributed by atoms with Crippen molar-refractivity contribution in [3.63, 3.8) is 0 Å². The van der Waals surface area contributed by atoms with E-state index in [1.165, 1.54) is 0 Å². The summed E-state index contributed by atoms with van der Waals surface area (Å²) >= 11 is 0. The molecule has 0 radical (unpaired) electrons. The van der Waals surface area contributed by atoms with Gasteiger partial charge in [0.2, 0.25) is 0 Å². The molecule has 23 heavy (non-hydrogen) atoms. The molecule has 2 amide bonds. The molecule has 2 aromatic carbocycles. The van der Waals surface area contributed by atoms with Gasteiger partial charge in [0, 0.05) is 5.69 Å². The highest BCUT2D eigenvalue weighted by Crippen LogP contribution is 2.21. The van der Waals surface area contributed by atoms with Crippen LogP contribution >= 0.6 is 0 Å². The molecule has 120 valence electrons. The number of carbonyl (C=O) groups is 2. The van der Waals surface area contributed by atoms with Crippen LogP contribution in [-0.4, -0.2) is 25.0 Å². The van der Waals surface area contributed by atoms with Crippen molar-refractivity contribution in [1.29, 1.82) is 0 Å². The molecule has 0 aliphatic rings. The summed E-state index contributed by atoms with van der Waals surface area (Å²) in [6.07, 6.45) is 0. The Hall–Kier alpha value is -3.02. The van der Waals surface area contributed by atoms with Crippen molar-refractivity contribution >= 4 is 17.5 Å². The number of para-hydroxylation sites is 1. The summed E-state index contributed by atoms with van der Waals surface area (Å²) in [5.41, 5.74) is 6.07. The fraction of sp³-hybridized carbons (Fsp3) is 0.176. The highest BCUT2D eigenvalue weighted by molar-refractivity contribution is 6.06. The van der Waals surface area contributed by atoms with Crippen molar-refractivity contribution in [2.24, 2.45) is 5.73 Å². The van der Waals surface area contributed by atoms with E-state index in [1.54, 1.807) is 42.5 Å².